The van der Waals surface area contributed by atoms with E-state index in [1.807, 2.05) is 19.9 Å². The third-order valence-electron chi connectivity index (χ3n) is 1.15. The van der Waals surface area contributed by atoms with E-state index in [-0.39, 0.29) is 5.84 Å². The molecular weight excluding hydrogens is 152 g/mol. The van der Waals surface area contributed by atoms with Crippen LogP contribution in [0.3, 0.4) is 0 Å². The van der Waals surface area contributed by atoms with Gasteiger partial charge in [0.05, 0.1) is 0 Å². The van der Waals surface area contributed by atoms with Crippen LogP contribution in [0.15, 0.2) is 41.1 Å². The fourth-order valence-corrected chi connectivity index (χ4v) is 0.710. The van der Waals surface area contributed by atoms with Crippen LogP contribution in [0.25, 0.3) is 0 Å². The first-order valence-electron chi connectivity index (χ1n) is 3.59. The number of hydrogen-bond donors (Lipinski definition) is 2. The maximum atomic E-state index is 8.40. The third kappa shape index (κ3) is 3.61. The summed E-state index contributed by atoms with van der Waals surface area (Å²) in [6, 6.07) is 0. The second-order valence-corrected chi connectivity index (χ2v) is 2.43. The molecule has 0 saturated heterocycles. The zero-order valence-electron chi connectivity index (χ0n) is 7.41. The molecule has 0 aromatic carbocycles. The van der Waals surface area contributed by atoms with Crippen molar-refractivity contribution < 1.29 is 5.21 Å². The van der Waals surface area contributed by atoms with Crippen LogP contribution < -0.4 is 5.73 Å². The molecule has 66 valence electrons. The SMILES string of the molecule is C=C(C)/C=C(\C=C/C)C(/N)=N/O. The topological polar surface area (TPSA) is 58.6 Å². The molecule has 0 aromatic heterocycles. The molecule has 3 nitrogen and oxygen atoms in total. The highest BCUT2D eigenvalue weighted by molar-refractivity contribution is 5.99. The van der Waals surface area contributed by atoms with Crippen molar-refractivity contribution in [2.24, 2.45) is 10.9 Å². The van der Waals surface area contributed by atoms with E-state index < -0.39 is 0 Å². The average molecular weight is 166 g/mol. The first kappa shape index (κ1) is 10.5. The zero-order valence-corrected chi connectivity index (χ0v) is 7.41. The van der Waals surface area contributed by atoms with Gasteiger partial charge < -0.3 is 10.9 Å². The van der Waals surface area contributed by atoms with E-state index in [0.29, 0.717) is 5.57 Å². The van der Waals surface area contributed by atoms with Crippen molar-refractivity contribution in [2.75, 3.05) is 0 Å². The minimum atomic E-state index is 0.0936. The number of hydrogen-bond acceptors (Lipinski definition) is 2. The van der Waals surface area contributed by atoms with Crippen LogP contribution in [0.1, 0.15) is 13.8 Å². The zero-order chi connectivity index (χ0) is 9.56. The molecule has 0 fully saturated rings. The van der Waals surface area contributed by atoms with Gasteiger partial charge >= 0.3 is 0 Å². The lowest BCUT2D eigenvalue weighted by Crippen LogP contribution is -2.13. The Kier molecular flexibility index (Phi) is 4.53. The lowest BCUT2D eigenvalue weighted by Gasteiger charge is -1.98. The van der Waals surface area contributed by atoms with Gasteiger partial charge in [0.25, 0.3) is 0 Å². The van der Waals surface area contributed by atoms with E-state index in [0.717, 1.165) is 5.57 Å². The van der Waals surface area contributed by atoms with Crippen LogP contribution in [-0.2, 0) is 0 Å². The largest absolute Gasteiger partial charge is 0.409 e. The molecule has 0 radical (unpaired) electrons. The normalized spacial score (nSPS) is 13.8. The number of amidine groups is 1. The second-order valence-electron chi connectivity index (χ2n) is 2.43. The van der Waals surface area contributed by atoms with Crippen molar-refractivity contribution >= 4 is 5.84 Å². The Balaban J connectivity index is 4.79. The Morgan fingerprint density at radius 1 is 1.58 bits per heavy atom. The number of rotatable bonds is 3. The van der Waals surface area contributed by atoms with Crippen molar-refractivity contribution in [3.63, 3.8) is 0 Å². The molecule has 0 aliphatic rings. The fraction of sp³-hybridized carbons (Fsp3) is 0.222. The highest BCUT2D eigenvalue weighted by Gasteiger charge is 1.97. The number of oxime groups is 1. The van der Waals surface area contributed by atoms with Gasteiger partial charge in [-0.25, -0.2) is 0 Å². The van der Waals surface area contributed by atoms with Crippen molar-refractivity contribution in [2.45, 2.75) is 13.8 Å². The summed E-state index contributed by atoms with van der Waals surface area (Å²) in [5, 5.41) is 11.3. The van der Waals surface area contributed by atoms with Crippen molar-refractivity contribution in [3.8, 4) is 0 Å². The van der Waals surface area contributed by atoms with E-state index in [1.54, 1.807) is 12.2 Å². The van der Waals surface area contributed by atoms with E-state index in [9.17, 15) is 0 Å². The van der Waals surface area contributed by atoms with Gasteiger partial charge in [0.2, 0.25) is 0 Å². The van der Waals surface area contributed by atoms with Crippen LogP contribution >= 0.6 is 0 Å². The van der Waals surface area contributed by atoms with Gasteiger partial charge in [0.15, 0.2) is 5.84 Å². The van der Waals surface area contributed by atoms with Crippen LogP contribution in [0.2, 0.25) is 0 Å². The smallest absolute Gasteiger partial charge is 0.170 e. The van der Waals surface area contributed by atoms with Crippen molar-refractivity contribution in [1.29, 1.82) is 0 Å². The van der Waals surface area contributed by atoms with E-state index >= 15 is 0 Å². The van der Waals surface area contributed by atoms with Crippen LogP contribution in [0, 0.1) is 0 Å². The van der Waals surface area contributed by atoms with Crippen LogP contribution in [0.5, 0.6) is 0 Å². The van der Waals surface area contributed by atoms with Gasteiger partial charge in [-0.2, -0.15) is 0 Å². The van der Waals surface area contributed by atoms with Crippen molar-refractivity contribution in [1.82, 2.24) is 0 Å². The summed E-state index contributed by atoms with van der Waals surface area (Å²) in [5.41, 5.74) is 6.91. The average Bonchev–Trinajstić information content (AvgIpc) is 2.01. The highest BCUT2D eigenvalue weighted by atomic mass is 16.4. The molecule has 0 aliphatic carbocycles. The molecule has 0 amide bonds. The minimum Gasteiger partial charge on any atom is -0.409 e. The Labute approximate surface area is 72.6 Å². The number of nitrogens with two attached hydrogens (primary N) is 1. The monoisotopic (exact) mass is 166 g/mol. The first-order valence-corrected chi connectivity index (χ1v) is 3.59. The molecule has 0 aromatic rings. The fourth-order valence-electron chi connectivity index (χ4n) is 0.710. The summed E-state index contributed by atoms with van der Waals surface area (Å²) in [7, 11) is 0. The summed E-state index contributed by atoms with van der Waals surface area (Å²) in [4.78, 5) is 0. The van der Waals surface area contributed by atoms with Crippen LogP contribution in [0.4, 0.5) is 0 Å². The number of nitrogens with zero attached hydrogens (tertiary/aromatic N) is 1. The quantitative estimate of drug-likeness (QED) is 0.221. The van der Waals surface area contributed by atoms with E-state index in [1.165, 1.54) is 0 Å². The summed E-state index contributed by atoms with van der Waals surface area (Å²) in [6.45, 7) is 7.39. The molecule has 0 saturated carbocycles. The Morgan fingerprint density at radius 2 is 2.17 bits per heavy atom. The summed E-state index contributed by atoms with van der Waals surface area (Å²) >= 11 is 0. The second kappa shape index (κ2) is 5.18. The molecule has 0 bridgehead atoms. The van der Waals surface area contributed by atoms with Gasteiger partial charge in [0, 0.05) is 5.57 Å². The molecule has 0 aliphatic heterocycles. The highest BCUT2D eigenvalue weighted by Crippen LogP contribution is 2.02. The van der Waals surface area contributed by atoms with E-state index in [4.69, 9.17) is 10.9 Å². The molecule has 0 rings (SSSR count). The predicted octanol–water partition coefficient (Wildman–Crippen LogP) is 1.81. The first-order chi connectivity index (χ1) is 5.61. The third-order valence-corrected chi connectivity index (χ3v) is 1.15. The minimum absolute atomic E-state index is 0.0936. The lowest BCUT2D eigenvalue weighted by molar-refractivity contribution is 0.318. The van der Waals surface area contributed by atoms with Gasteiger partial charge in [-0.3, -0.25) is 0 Å². The predicted molar refractivity (Wildman–Crippen MR) is 51.1 cm³/mol. The Morgan fingerprint density at radius 3 is 2.50 bits per heavy atom. The van der Waals surface area contributed by atoms with Gasteiger partial charge in [-0.15, -0.1) is 0 Å². The maximum Gasteiger partial charge on any atom is 0.170 e. The summed E-state index contributed by atoms with van der Waals surface area (Å²) < 4.78 is 0. The maximum absolute atomic E-state index is 8.40. The summed E-state index contributed by atoms with van der Waals surface area (Å²) in [6.07, 6.45) is 5.31. The molecule has 12 heavy (non-hydrogen) atoms. The molecular formula is C9H14N2O. The molecule has 0 spiro atoms. The van der Waals surface area contributed by atoms with Gasteiger partial charge in [0.1, 0.15) is 0 Å². The Hall–Kier alpha value is -1.51. The van der Waals surface area contributed by atoms with Gasteiger partial charge in [-0.1, -0.05) is 29.5 Å². The summed E-state index contributed by atoms with van der Waals surface area (Å²) in [5.74, 6) is 0.0936. The molecule has 0 heterocycles. The van der Waals surface area contributed by atoms with Crippen LogP contribution in [-0.4, -0.2) is 11.0 Å². The molecule has 3 N–H and O–H groups in total. The Bertz CT molecular complexity index is 249. The van der Waals surface area contributed by atoms with E-state index in [2.05, 4.69) is 11.7 Å². The van der Waals surface area contributed by atoms with Crippen molar-refractivity contribution in [3.05, 3.63) is 36.0 Å². The molecule has 0 unspecified atom stereocenters. The molecule has 0 atom stereocenters. The number of allylic oxidation sites excluding steroid dienone is 3. The standard InChI is InChI=1S/C9H14N2O/c1-4-5-8(6-7(2)3)9(10)11-12/h4-6,12H,2H2,1,3H3,(H2,10,11)/b5-4-,8-6+. The molecule has 3 heteroatoms. The lowest BCUT2D eigenvalue weighted by atomic mass is 10.1. The van der Waals surface area contributed by atoms with Gasteiger partial charge in [-0.05, 0) is 19.9 Å².